The molecular weight excluding hydrogens is 442 g/mol. The van der Waals surface area contributed by atoms with Crippen molar-refractivity contribution in [3.63, 3.8) is 0 Å². The molecule has 2 aromatic rings. The number of amides is 1. The molecule has 0 unspecified atom stereocenters. The molecule has 2 aromatic carbocycles. The van der Waals surface area contributed by atoms with Crippen LogP contribution >= 0.6 is 11.6 Å². The maximum absolute atomic E-state index is 12.7. The smallest absolute Gasteiger partial charge is 0.243 e. The van der Waals surface area contributed by atoms with Gasteiger partial charge in [0.25, 0.3) is 0 Å². The highest BCUT2D eigenvalue weighted by Gasteiger charge is 2.24. The van der Waals surface area contributed by atoms with Crippen molar-refractivity contribution in [2.24, 2.45) is 5.14 Å². The fraction of sp³-hybridized carbons (Fsp3) is 0.235. The summed E-state index contributed by atoms with van der Waals surface area (Å²) in [5, 5.41) is 7.63. The fourth-order valence-electron chi connectivity index (χ4n) is 2.31. The molecule has 0 radical (unpaired) electrons. The lowest BCUT2D eigenvalue weighted by atomic mass is 10.3. The van der Waals surface area contributed by atoms with Gasteiger partial charge in [-0.2, -0.15) is 4.31 Å². The first-order chi connectivity index (χ1) is 13.4. The van der Waals surface area contributed by atoms with Crippen LogP contribution in [0.3, 0.4) is 0 Å². The van der Waals surface area contributed by atoms with Crippen molar-refractivity contribution in [3.05, 3.63) is 47.5 Å². The molecule has 12 heteroatoms. The molecule has 1 amide bonds. The Morgan fingerprint density at radius 1 is 1.10 bits per heavy atom. The fourth-order valence-corrected chi connectivity index (χ4v) is 4.28. The Morgan fingerprint density at radius 2 is 1.69 bits per heavy atom. The summed E-state index contributed by atoms with van der Waals surface area (Å²) in [6.07, 6.45) is 0. The van der Waals surface area contributed by atoms with E-state index >= 15 is 0 Å². The molecule has 0 heterocycles. The second kappa shape index (κ2) is 9.09. The number of carbonyl (C=O) groups is 1. The van der Waals surface area contributed by atoms with Gasteiger partial charge < -0.3 is 10.1 Å². The topological polar surface area (TPSA) is 136 Å². The molecule has 0 atom stereocenters. The largest absolute Gasteiger partial charge is 0.492 e. The van der Waals surface area contributed by atoms with E-state index in [0.717, 1.165) is 4.31 Å². The third kappa shape index (κ3) is 5.90. The van der Waals surface area contributed by atoms with Gasteiger partial charge in [-0.25, -0.2) is 22.0 Å². The molecule has 2 rings (SSSR count). The van der Waals surface area contributed by atoms with Crippen LogP contribution in [0.15, 0.2) is 52.3 Å². The van der Waals surface area contributed by atoms with Gasteiger partial charge in [-0.15, -0.1) is 0 Å². The van der Waals surface area contributed by atoms with Gasteiger partial charge in [0, 0.05) is 12.7 Å². The maximum atomic E-state index is 12.7. The Hall–Kier alpha value is -2.18. The third-order valence-corrected chi connectivity index (χ3v) is 6.77. The van der Waals surface area contributed by atoms with Gasteiger partial charge in [0.05, 0.1) is 28.0 Å². The van der Waals surface area contributed by atoms with Gasteiger partial charge in [0.1, 0.15) is 5.75 Å². The van der Waals surface area contributed by atoms with Gasteiger partial charge in [-0.1, -0.05) is 11.6 Å². The maximum Gasteiger partial charge on any atom is 0.243 e. The summed E-state index contributed by atoms with van der Waals surface area (Å²) in [4.78, 5) is 12.0. The molecule has 0 spiro atoms. The number of nitrogens with two attached hydrogens (primary N) is 1. The first-order valence-corrected chi connectivity index (χ1v) is 11.6. The molecule has 0 aliphatic heterocycles. The van der Waals surface area contributed by atoms with Crippen molar-refractivity contribution >= 4 is 43.2 Å². The van der Waals surface area contributed by atoms with Crippen LogP contribution in [-0.2, 0) is 24.8 Å². The van der Waals surface area contributed by atoms with Gasteiger partial charge >= 0.3 is 0 Å². The number of carbonyl (C=O) groups excluding carboxylic acids is 1. The molecule has 0 aliphatic rings. The lowest BCUT2D eigenvalue weighted by molar-refractivity contribution is -0.116. The molecule has 0 aliphatic carbocycles. The number of nitrogens with one attached hydrogen (secondary N) is 1. The number of sulfonamides is 2. The number of hydrogen-bond donors (Lipinski definition) is 2. The summed E-state index contributed by atoms with van der Waals surface area (Å²) in [5.41, 5.74) is 0.289. The van der Waals surface area contributed by atoms with Crippen LogP contribution in [0.25, 0.3) is 0 Å². The van der Waals surface area contributed by atoms with Crippen LogP contribution in [0.4, 0.5) is 5.69 Å². The highest BCUT2D eigenvalue weighted by Crippen LogP contribution is 2.28. The second-order valence-electron chi connectivity index (χ2n) is 5.90. The molecule has 0 saturated carbocycles. The van der Waals surface area contributed by atoms with E-state index < -0.39 is 32.5 Å². The predicted molar refractivity (Wildman–Crippen MR) is 109 cm³/mol. The van der Waals surface area contributed by atoms with Crippen molar-refractivity contribution in [1.29, 1.82) is 0 Å². The first-order valence-electron chi connectivity index (χ1n) is 8.26. The minimum Gasteiger partial charge on any atom is -0.492 e. The van der Waals surface area contributed by atoms with Crippen LogP contribution in [0.5, 0.6) is 5.75 Å². The second-order valence-corrected chi connectivity index (χ2v) is 9.92. The Kier molecular flexibility index (Phi) is 7.25. The van der Waals surface area contributed by atoms with E-state index in [1.54, 1.807) is 6.92 Å². The Morgan fingerprint density at radius 3 is 2.21 bits per heavy atom. The number of nitrogens with zero attached hydrogens (tertiary/aromatic N) is 1. The van der Waals surface area contributed by atoms with E-state index in [1.807, 2.05) is 0 Å². The number of benzene rings is 2. The highest BCUT2D eigenvalue weighted by atomic mass is 35.5. The SMILES string of the molecule is CCOc1ccc(S(=O)(=O)N(C)CC(=O)Nc2ccc(S(N)(=O)=O)cc2)cc1Cl. The summed E-state index contributed by atoms with van der Waals surface area (Å²) >= 11 is 6.04. The summed E-state index contributed by atoms with van der Waals surface area (Å²) in [6.45, 7) is 1.68. The highest BCUT2D eigenvalue weighted by molar-refractivity contribution is 7.89. The van der Waals surface area contributed by atoms with Crippen molar-refractivity contribution in [2.75, 3.05) is 25.5 Å². The molecule has 9 nitrogen and oxygen atoms in total. The summed E-state index contributed by atoms with van der Waals surface area (Å²) in [7, 11) is -6.56. The van der Waals surface area contributed by atoms with Gasteiger partial charge in [-0.3, -0.25) is 4.79 Å². The number of hydrogen-bond acceptors (Lipinski definition) is 6. The molecule has 158 valence electrons. The summed E-state index contributed by atoms with van der Waals surface area (Å²) < 4.78 is 53.9. The van der Waals surface area contributed by atoms with Crippen molar-refractivity contribution in [1.82, 2.24) is 4.31 Å². The van der Waals surface area contributed by atoms with Crippen LogP contribution in [0, 0.1) is 0 Å². The quantitative estimate of drug-likeness (QED) is 0.613. The normalized spacial score (nSPS) is 12.0. The number of anilines is 1. The monoisotopic (exact) mass is 461 g/mol. The lowest BCUT2D eigenvalue weighted by Crippen LogP contribution is -2.35. The van der Waals surface area contributed by atoms with E-state index in [2.05, 4.69) is 5.32 Å². The summed E-state index contributed by atoms with van der Waals surface area (Å²) in [6, 6.07) is 9.19. The average Bonchev–Trinajstić information content (AvgIpc) is 2.63. The van der Waals surface area contributed by atoms with Crippen LogP contribution in [0.1, 0.15) is 6.92 Å². The molecule has 0 fully saturated rings. The van der Waals surface area contributed by atoms with E-state index in [0.29, 0.717) is 12.4 Å². The minimum atomic E-state index is -3.97. The van der Waals surface area contributed by atoms with Gasteiger partial charge in [0.2, 0.25) is 26.0 Å². The van der Waals surface area contributed by atoms with E-state index in [1.165, 1.54) is 49.5 Å². The molecule has 0 saturated heterocycles. The number of ether oxygens (including phenoxy) is 1. The molecular formula is C17H20ClN3O6S2. The van der Waals surface area contributed by atoms with Crippen LogP contribution in [0.2, 0.25) is 5.02 Å². The number of halogens is 1. The van der Waals surface area contributed by atoms with E-state index in [-0.39, 0.29) is 20.5 Å². The molecule has 0 bridgehead atoms. The zero-order valence-electron chi connectivity index (χ0n) is 15.6. The number of primary sulfonamides is 1. The molecule has 0 aromatic heterocycles. The van der Waals surface area contributed by atoms with Gasteiger partial charge in [-0.05, 0) is 49.4 Å². The minimum absolute atomic E-state index is 0.0845. The number of likely N-dealkylation sites (N-methyl/N-ethyl adjacent to an activating group) is 1. The Labute approximate surface area is 174 Å². The van der Waals surface area contributed by atoms with Crippen molar-refractivity contribution in [3.8, 4) is 5.75 Å². The zero-order valence-corrected chi connectivity index (χ0v) is 18.0. The number of rotatable bonds is 8. The Balaban J connectivity index is 2.09. The van der Waals surface area contributed by atoms with Crippen molar-refractivity contribution in [2.45, 2.75) is 16.7 Å². The average molecular weight is 462 g/mol. The first kappa shape index (κ1) is 23.1. The molecule has 29 heavy (non-hydrogen) atoms. The van der Waals surface area contributed by atoms with E-state index in [9.17, 15) is 21.6 Å². The van der Waals surface area contributed by atoms with Crippen LogP contribution in [-0.4, -0.2) is 47.2 Å². The van der Waals surface area contributed by atoms with Gasteiger partial charge in [0.15, 0.2) is 0 Å². The van der Waals surface area contributed by atoms with Crippen molar-refractivity contribution < 1.29 is 26.4 Å². The molecule has 3 N–H and O–H groups in total. The zero-order chi connectivity index (χ0) is 21.8. The lowest BCUT2D eigenvalue weighted by Gasteiger charge is -2.17. The standard InChI is InChI=1S/C17H20ClN3O6S2/c1-3-27-16-9-8-14(10-15(16)18)29(25,26)21(2)11-17(22)20-12-4-6-13(7-5-12)28(19,23)24/h4-10H,3,11H2,1-2H3,(H,20,22)(H2,19,23,24). The third-order valence-electron chi connectivity index (χ3n) is 3.74. The predicted octanol–water partition coefficient (Wildman–Crippen LogP) is 1.65. The summed E-state index contributed by atoms with van der Waals surface area (Å²) in [5.74, 6) is -0.257. The van der Waals surface area contributed by atoms with Crippen LogP contribution < -0.4 is 15.2 Å². The Bertz CT molecular complexity index is 1100. The van der Waals surface area contributed by atoms with E-state index in [4.69, 9.17) is 21.5 Å².